The number of rotatable bonds is 4. The van der Waals surface area contributed by atoms with Gasteiger partial charge in [0.05, 0.1) is 7.11 Å². The number of benzene rings is 1. The Labute approximate surface area is 144 Å². The van der Waals surface area contributed by atoms with Gasteiger partial charge in [0, 0.05) is 18.1 Å². The Balaban J connectivity index is 1.49. The lowest BCUT2D eigenvalue weighted by Crippen LogP contribution is -2.22. The third-order valence-corrected chi connectivity index (χ3v) is 6.33. The van der Waals surface area contributed by atoms with E-state index in [2.05, 4.69) is 0 Å². The molecule has 3 unspecified atom stereocenters. The first kappa shape index (κ1) is 14.9. The number of aromatic hydroxyl groups is 2. The molecule has 0 spiro atoms. The summed E-state index contributed by atoms with van der Waals surface area (Å²) < 4.78 is 11.0. The van der Waals surface area contributed by atoms with Crippen LogP contribution in [0.2, 0.25) is 0 Å². The molecule has 4 fully saturated rings. The molecule has 0 radical (unpaired) electrons. The molecule has 2 aromatic rings. The van der Waals surface area contributed by atoms with Crippen LogP contribution in [-0.2, 0) is 6.42 Å². The summed E-state index contributed by atoms with van der Waals surface area (Å²) in [6, 6.07) is 6.02. The zero-order valence-corrected chi connectivity index (χ0v) is 13.9. The fourth-order valence-electron chi connectivity index (χ4n) is 5.00. The third-order valence-electron chi connectivity index (χ3n) is 6.33. The molecule has 1 heterocycles. The topological polar surface area (TPSA) is 79.9 Å². The zero-order chi connectivity index (χ0) is 17.3. The molecule has 0 aliphatic heterocycles. The van der Waals surface area contributed by atoms with E-state index in [9.17, 15) is 15.0 Å². The van der Waals surface area contributed by atoms with Gasteiger partial charge in [0.25, 0.3) is 0 Å². The number of hydrogen-bond donors (Lipinski definition) is 2. The Morgan fingerprint density at radius 2 is 1.96 bits per heavy atom. The molecule has 0 saturated heterocycles. The minimum Gasteiger partial charge on any atom is -0.504 e. The summed E-state index contributed by atoms with van der Waals surface area (Å²) >= 11 is 0. The van der Waals surface area contributed by atoms with Crippen LogP contribution in [0.3, 0.4) is 0 Å². The molecule has 2 N–H and O–H groups in total. The van der Waals surface area contributed by atoms with Gasteiger partial charge in [-0.05, 0) is 60.6 Å². The molecule has 130 valence electrons. The largest absolute Gasteiger partial charge is 0.504 e. The van der Waals surface area contributed by atoms with E-state index in [1.807, 2.05) is 0 Å². The number of hydrogen-bond acceptors (Lipinski definition) is 5. The van der Waals surface area contributed by atoms with Crippen molar-refractivity contribution in [3.8, 4) is 28.6 Å². The van der Waals surface area contributed by atoms with Crippen molar-refractivity contribution in [2.45, 2.75) is 19.3 Å². The fraction of sp³-hybridized carbons (Fsp3) is 0.450. The van der Waals surface area contributed by atoms with Crippen LogP contribution in [0.5, 0.6) is 17.2 Å². The molecule has 5 heteroatoms. The zero-order valence-electron chi connectivity index (χ0n) is 13.9. The highest BCUT2D eigenvalue weighted by molar-refractivity contribution is 5.67. The van der Waals surface area contributed by atoms with E-state index >= 15 is 0 Å². The first-order valence-corrected chi connectivity index (χ1v) is 8.82. The van der Waals surface area contributed by atoms with Gasteiger partial charge in [-0.25, -0.2) is 0 Å². The minimum absolute atomic E-state index is 0.00559. The summed E-state index contributed by atoms with van der Waals surface area (Å²) in [5, 5.41) is 19.9. The SMILES string of the molecule is COc1cc(-c2oc(CC3CCC4C5C3C45)cc(=O)c2O)ccc1O. The van der Waals surface area contributed by atoms with Gasteiger partial charge in [-0.2, -0.15) is 0 Å². The van der Waals surface area contributed by atoms with Gasteiger partial charge in [0.2, 0.25) is 11.2 Å². The molecule has 2 bridgehead atoms. The highest BCUT2D eigenvalue weighted by Crippen LogP contribution is 2.80. The molecule has 3 atom stereocenters. The van der Waals surface area contributed by atoms with Gasteiger partial charge >= 0.3 is 0 Å². The monoisotopic (exact) mass is 340 g/mol. The number of phenols is 1. The number of methoxy groups -OCH3 is 1. The summed E-state index contributed by atoms with van der Waals surface area (Å²) in [7, 11) is 1.45. The van der Waals surface area contributed by atoms with Gasteiger partial charge in [0.15, 0.2) is 17.3 Å². The van der Waals surface area contributed by atoms with Crippen molar-refractivity contribution in [2.24, 2.45) is 29.6 Å². The highest BCUT2D eigenvalue weighted by Gasteiger charge is 2.76. The molecule has 6 rings (SSSR count). The molecule has 1 aromatic carbocycles. The normalized spacial score (nSPS) is 31.3. The predicted octanol–water partition coefficient (Wildman–Crippen LogP) is 3.17. The van der Waals surface area contributed by atoms with Gasteiger partial charge in [-0.15, -0.1) is 0 Å². The van der Waals surface area contributed by atoms with E-state index < -0.39 is 11.2 Å². The molecule has 25 heavy (non-hydrogen) atoms. The van der Waals surface area contributed by atoms with Crippen molar-refractivity contribution >= 4 is 0 Å². The molecule has 4 aliphatic carbocycles. The maximum absolute atomic E-state index is 12.2. The lowest BCUT2D eigenvalue weighted by molar-refractivity contribution is 0.218. The lowest BCUT2D eigenvalue weighted by Gasteiger charge is -2.28. The summed E-state index contributed by atoms with van der Waals surface area (Å²) in [5.41, 5.74) is 0.0713. The van der Waals surface area contributed by atoms with Crippen LogP contribution in [0.1, 0.15) is 18.6 Å². The maximum atomic E-state index is 12.2. The van der Waals surface area contributed by atoms with E-state index in [1.54, 1.807) is 12.1 Å². The lowest BCUT2D eigenvalue weighted by atomic mass is 9.77. The van der Waals surface area contributed by atoms with Crippen LogP contribution >= 0.6 is 0 Å². The number of fused-ring (bicyclic) bond motifs is 2. The van der Waals surface area contributed by atoms with Crippen LogP contribution in [0.15, 0.2) is 33.5 Å². The maximum Gasteiger partial charge on any atom is 0.227 e. The predicted molar refractivity (Wildman–Crippen MR) is 90.7 cm³/mol. The Morgan fingerprint density at radius 3 is 2.68 bits per heavy atom. The highest BCUT2D eigenvalue weighted by atomic mass is 16.5. The first-order valence-electron chi connectivity index (χ1n) is 8.82. The average Bonchev–Trinajstić information content (AvgIpc) is 3.51. The Morgan fingerprint density at radius 1 is 1.16 bits per heavy atom. The van der Waals surface area contributed by atoms with Gasteiger partial charge < -0.3 is 19.4 Å². The van der Waals surface area contributed by atoms with Gasteiger partial charge in [0.1, 0.15) is 5.76 Å². The van der Waals surface area contributed by atoms with Crippen LogP contribution < -0.4 is 10.2 Å². The minimum atomic E-state index is -0.432. The number of ether oxygens (including phenoxy) is 1. The average molecular weight is 340 g/mol. The van der Waals surface area contributed by atoms with Crippen LogP contribution in [-0.4, -0.2) is 17.3 Å². The second-order valence-corrected chi connectivity index (χ2v) is 7.58. The molecule has 5 nitrogen and oxygen atoms in total. The summed E-state index contributed by atoms with van der Waals surface area (Å²) in [4.78, 5) is 12.2. The molecule has 1 aromatic heterocycles. The smallest absolute Gasteiger partial charge is 0.227 e. The van der Waals surface area contributed by atoms with Crippen LogP contribution in [0.4, 0.5) is 0 Å². The third kappa shape index (κ3) is 2.18. The van der Waals surface area contributed by atoms with E-state index in [0.29, 0.717) is 17.2 Å². The van der Waals surface area contributed by atoms with Crippen molar-refractivity contribution in [1.82, 2.24) is 0 Å². The Hall–Kier alpha value is -2.43. The van der Waals surface area contributed by atoms with E-state index in [0.717, 1.165) is 30.1 Å². The van der Waals surface area contributed by atoms with E-state index in [4.69, 9.17) is 9.15 Å². The summed E-state index contributed by atoms with van der Waals surface area (Å²) in [6.07, 6.45) is 3.26. The molecular weight excluding hydrogens is 320 g/mol. The Kier molecular flexibility index (Phi) is 3.00. The van der Waals surface area contributed by atoms with Crippen molar-refractivity contribution in [3.05, 3.63) is 40.2 Å². The van der Waals surface area contributed by atoms with Crippen molar-refractivity contribution in [1.29, 1.82) is 0 Å². The molecule has 4 saturated carbocycles. The van der Waals surface area contributed by atoms with Crippen LogP contribution in [0, 0.1) is 29.6 Å². The Bertz CT molecular complexity index is 905. The molecule has 0 amide bonds. The standard InChI is InChI=1S/C20H20O5/c1-24-15-7-10(3-5-13(15)21)20-19(23)14(22)8-11(25-20)6-9-2-4-12-17-16(9)18(12)17/h3,5,7-9,12,16-18,21,23H,2,4,6H2,1H3. The second-order valence-electron chi connectivity index (χ2n) is 7.58. The fourth-order valence-corrected chi connectivity index (χ4v) is 5.00. The summed E-state index contributed by atoms with van der Waals surface area (Å²) in [6.45, 7) is 0. The molecular formula is C20H20O5. The first-order chi connectivity index (χ1) is 12.1. The van der Waals surface area contributed by atoms with Crippen molar-refractivity contribution in [2.75, 3.05) is 7.11 Å². The van der Waals surface area contributed by atoms with E-state index in [1.165, 1.54) is 32.1 Å². The van der Waals surface area contributed by atoms with Crippen molar-refractivity contribution < 1.29 is 19.4 Å². The summed E-state index contributed by atoms with van der Waals surface area (Å²) in [5.74, 6) is 4.92. The second kappa shape index (κ2) is 5.04. The molecule has 4 aliphatic rings. The quantitative estimate of drug-likeness (QED) is 0.894. The van der Waals surface area contributed by atoms with Crippen LogP contribution in [0.25, 0.3) is 11.3 Å². The number of phenolic OH excluding ortho intramolecular Hbond substituents is 1. The van der Waals surface area contributed by atoms with Gasteiger partial charge in [-0.3, -0.25) is 4.79 Å². The van der Waals surface area contributed by atoms with E-state index in [-0.39, 0.29) is 17.3 Å². The van der Waals surface area contributed by atoms with Gasteiger partial charge in [-0.1, -0.05) is 0 Å². The van der Waals surface area contributed by atoms with Crippen molar-refractivity contribution in [3.63, 3.8) is 0 Å².